The zero-order valence-corrected chi connectivity index (χ0v) is 18.5. The molecule has 1 heterocycles. The largest absolute Gasteiger partial charge is 0.507 e. The number of aliphatic imine (C=N–C) groups is 1. The van der Waals surface area contributed by atoms with Crippen molar-refractivity contribution in [2.45, 2.75) is 45.3 Å². The molecule has 6 nitrogen and oxygen atoms in total. The van der Waals surface area contributed by atoms with E-state index in [1.165, 1.54) is 12.1 Å². The minimum absolute atomic E-state index is 0.303. The van der Waals surface area contributed by atoms with Crippen LogP contribution in [-0.4, -0.2) is 40.4 Å². The third kappa shape index (κ3) is 5.45. The van der Waals surface area contributed by atoms with E-state index in [9.17, 15) is 18.3 Å². The van der Waals surface area contributed by atoms with Gasteiger partial charge in [0.15, 0.2) is 0 Å². The van der Waals surface area contributed by atoms with Crippen molar-refractivity contribution in [2.75, 3.05) is 13.7 Å². The summed E-state index contributed by atoms with van der Waals surface area (Å²) in [4.78, 5) is 3.33. The van der Waals surface area contributed by atoms with Gasteiger partial charge in [0.25, 0.3) is 0 Å². The standard InChI is InChI=1S/C24H25F3N4O2/c1-3-5-18-21(9-7-19(22(18)32)23(29-2)24(25,26)27)33-13-4-12-31-20-8-6-16(10-11-28)14-17(20)15-30-31/h6-9,14-15,32H,3-5,10,12-13H2,1-2H3/b29-23-. The number of nitrogens with zero attached hydrogens (tertiary/aromatic N) is 4. The fourth-order valence-electron chi connectivity index (χ4n) is 3.75. The first kappa shape index (κ1) is 24.1. The number of nitriles is 1. The van der Waals surface area contributed by atoms with Crippen molar-refractivity contribution >= 4 is 16.6 Å². The van der Waals surface area contributed by atoms with Crippen LogP contribution in [0.3, 0.4) is 0 Å². The van der Waals surface area contributed by atoms with E-state index in [0.717, 1.165) is 23.5 Å². The number of aromatic nitrogens is 2. The molecule has 9 heteroatoms. The van der Waals surface area contributed by atoms with Crippen LogP contribution in [0.15, 0.2) is 41.5 Å². The zero-order valence-electron chi connectivity index (χ0n) is 18.5. The molecule has 0 radical (unpaired) electrons. The van der Waals surface area contributed by atoms with E-state index in [4.69, 9.17) is 10.00 Å². The van der Waals surface area contributed by atoms with Crippen molar-refractivity contribution in [3.63, 3.8) is 0 Å². The van der Waals surface area contributed by atoms with Crippen molar-refractivity contribution in [2.24, 2.45) is 4.99 Å². The lowest BCUT2D eigenvalue weighted by Crippen LogP contribution is -2.24. The second kappa shape index (κ2) is 10.4. The first-order valence-electron chi connectivity index (χ1n) is 10.6. The Morgan fingerprint density at radius 3 is 2.73 bits per heavy atom. The molecule has 0 amide bonds. The van der Waals surface area contributed by atoms with Crippen molar-refractivity contribution in [3.8, 4) is 17.6 Å². The molecule has 0 bridgehead atoms. The molecular weight excluding hydrogens is 433 g/mol. The molecule has 0 saturated heterocycles. The number of fused-ring (bicyclic) bond motifs is 1. The molecule has 1 aromatic heterocycles. The number of phenols is 1. The van der Waals surface area contributed by atoms with Gasteiger partial charge in [0.2, 0.25) is 0 Å². The summed E-state index contributed by atoms with van der Waals surface area (Å²) in [6, 6.07) is 10.5. The fourth-order valence-corrected chi connectivity index (χ4v) is 3.75. The van der Waals surface area contributed by atoms with Gasteiger partial charge in [-0.3, -0.25) is 9.67 Å². The lowest BCUT2D eigenvalue weighted by molar-refractivity contribution is -0.0582. The highest BCUT2D eigenvalue weighted by Crippen LogP contribution is 2.36. The lowest BCUT2D eigenvalue weighted by atomic mass is 10.00. The number of ether oxygens (including phenoxy) is 1. The normalized spacial score (nSPS) is 12.2. The Hall–Kier alpha value is -3.54. The summed E-state index contributed by atoms with van der Waals surface area (Å²) in [6.07, 6.45) is -0.964. The van der Waals surface area contributed by atoms with Gasteiger partial charge in [0, 0.05) is 36.5 Å². The highest BCUT2D eigenvalue weighted by Gasteiger charge is 2.38. The number of halogens is 3. The van der Waals surface area contributed by atoms with E-state index in [2.05, 4.69) is 16.2 Å². The predicted octanol–water partition coefficient (Wildman–Crippen LogP) is 5.21. The van der Waals surface area contributed by atoms with Crippen LogP contribution >= 0.6 is 0 Å². The Bertz CT molecular complexity index is 1190. The Labute approximate surface area is 189 Å². The number of hydrogen-bond donors (Lipinski definition) is 1. The quantitative estimate of drug-likeness (QED) is 0.352. The third-order valence-corrected chi connectivity index (χ3v) is 5.25. The minimum Gasteiger partial charge on any atom is -0.507 e. The van der Waals surface area contributed by atoms with Crippen LogP contribution in [0, 0.1) is 11.3 Å². The Morgan fingerprint density at radius 1 is 1.27 bits per heavy atom. The number of phenolic OH excluding ortho intramolecular Hbond substituents is 1. The molecule has 3 aromatic rings. The fraction of sp³-hybridized carbons (Fsp3) is 0.375. The SMILES string of the molecule is CCCc1c(OCCCn2ncc3cc(CC#N)ccc32)ccc(/C(=N/C)C(F)(F)F)c1O. The van der Waals surface area contributed by atoms with E-state index in [-0.39, 0.29) is 5.56 Å². The Morgan fingerprint density at radius 2 is 2.06 bits per heavy atom. The van der Waals surface area contributed by atoms with Gasteiger partial charge in [-0.25, -0.2) is 0 Å². The molecule has 0 fully saturated rings. The number of rotatable bonds is 9. The molecule has 3 rings (SSSR count). The lowest BCUT2D eigenvalue weighted by Gasteiger charge is -2.17. The van der Waals surface area contributed by atoms with Crippen molar-refractivity contribution in [1.82, 2.24) is 9.78 Å². The zero-order chi connectivity index (χ0) is 24.0. The Kier molecular flexibility index (Phi) is 7.59. The van der Waals surface area contributed by atoms with E-state index in [1.54, 1.807) is 6.20 Å². The summed E-state index contributed by atoms with van der Waals surface area (Å²) >= 11 is 0. The van der Waals surface area contributed by atoms with Gasteiger partial charge in [-0.15, -0.1) is 0 Å². The van der Waals surface area contributed by atoms with Gasteiger partial charge in [-0.2, -0.15) is 23.5 Å². The molecule has 0 aliphatic heterocycles. The molecule has 0 atom stereocenters. The van der Waals surface area contributed by atoms with E-state index >= 15 is 0 Å². The van der Waals surface area contributed by atoms with Crippen molar-refractivity contribution in [3.05, 3.63) is 53.2 Å². The summed E-state index contributed by atoms with van der Waals surface area (Å²) in [5.41, 5.74) is 0.757. The van der Waals surface area contributed by atoms with Gasteiger partial charge in [0.05, 0.1) is 30.8 Å². The summed E-state index contributed by atoms with van der Waals surface area (Å²) in [6.45, 7) is 2.76. The maximum atomic E-state index is 13.3. The van der Waals surface area contributed by atoms with E-state index < -0.39 is 17.6 Å². The molecule has 0 spiro atoms. The molecule has 1 N–H and O–H groups in total. The number of aryl methyl sites for hydroxylation is 1. The van der Waals surface area contributed by atoms with Crippen LogP contribution in [0.25, 0.3) is 10.9 Å². The predicted molar refractivity (Wildman–Crippen MR) is 120 cm³/mol. The van der Waals surface area contributed by atoms with Crippen molar-refractivity contribution in [1.29, 1.82) is 5.26 Å². The van der Waals surface area contributed by atoms with Gasteiger partial charge >= 0.3 is 6.18 Å². The van der Waals surface area contributed by atoms with Crippen LogP contribution in [0.1, 0.15) is 36.5 Å². The maximum Gasteiger partial charge on any atom is 0.433 e. The van der Waals surface area contributed by atoms with E-state index in [0.29, 0.717) is 50.1 Å². The van der Waals surface area contributed by atoms with Gasteiger partial charge in [0.1, 0.15) is 17.2 Å². The van der Waals surface area contributed by atoms with Gasteiger partial charge in [-0.1, -0.05) is 19.4 Å². The number of aromatic hydroxyl groups is 1. The molecule has 33 heavy (non-hydrogen) atoms. The summed E-state index contributed by atoms with van der Waals surface area (Å²) in [5.74, 6) is -0.0827. The van der Waals surface area contributed by atoms with Crippen LogP contribution in [-0.2, 0) is 19.4 Å². The second-order valence-electron chi connectivity index (χ2n) is 7.56. The molecule has 174 valence electrons. The van der Waals surface area contributed by atoms with Crippen LogP contribution in [0.4, 0.5) is 13.2 Å². The molecule has 0 aliphatic rings. The minimum atomic E-state index is -4.67. The van der Waals surface area contributed by atoms with E-state index in [1.807, 2.05) is 29.8 Å². The molecule has 0 aliphatic carbocycles. The first-order chi connectivity index (χ1) is 15.8. The second-order valence-corrected chi connectivity index (χ2v) is 7.56. The maximum absolute atomic E-state index is 13.3. The van der Waals surface area contributed by atoms with Crippen LogP contribution in [0.2, 0.25) is 0 Å². The topological polar surface area (TPSA) is 83.4 Å². The first-order valence-corrected chi connectivity index (χ1v) is 10.6. The number of hydrogen-bond acceptors (Lipinski definition) is 5. The highest BCUT2D eigenvalue weighted by atomic mass is 19.4. The third-order valence-electron chi connectivity index (χ3n) is 5.25. The van der Waals surface area contributed by atoms with Gasteiger partial charge < -0.3 is 9.84 Å². The van der Waals surface area contributed by atoms with Crippen LogP contribution < -0.4 is 4.74 Å². The van der Waals surface area contributed by atoms with Gasteiger partial charge in [-0.05, 0) is 36.2 Å². The molecular formula is C24H25F3N4O2. The molecule has 0 saturated carbocycles. The number of alkyl halides is 3. The smallest absolute Gasteiger partial charge is 0.433 e. The van der Waals surface area contributed by atoms with Crippen LogP contribution in [0.5, 0.6) is 11.5 Å². The molecule has 0 unspecified atom stereocenters. The summed E-state index contributed by atoms with van der Waals surface area (Å²) < 4.78 is 47.5. The highest BCUT2D eigenvalue weighted by molar-refractivity contribution is 6.07. The monoisotopic (exact) mass is 458 g/mol. The van der Waals surface area contributed by atoms with Crippen molar-refractivity contribution < 1.29 is 23.0 Å². The molecule has 2 aromatic carbocycles. The summed E-state index contributed by atoms with van der Waals surface area (Å²) in [7, 11) is 1.05. The average Bonchev–Trinajstić information content (AvgIpc) is 3.17. The summed E-state index contributed by atoms with van der Waals surface area (Å²) in [5, 5.41) is 24.7. The Balaban J connectivity index is 1.71. The average molecular weight is 458 g/mol. The number of benzene rings is 2.